The van der Waals surface area contributed by atoms with Crippen molar-refractivity contribution in [2.24, 2.45) is 23.7 Å². The molecule has 0 bridgehead atoms. The summed E-state index contributed by atoms with van der Waals surface area (Å²) in [5.74, 6) is 1.75. The topological polar surface area (TPSA) is 55.8 Å². The van der Waals surface area contributed by atoms with Gasteiger partial charge in [0.15, 0.2) is 0 Å². The number of aliphatic hydroxyl groups is 1. The summed E-state index contributed by atoms with van der Waals surface area (Å²) in [5.41, 5.74) is 0. The zero-order valence-electron chi connectivity index (χ0n) is 13.8. The maximum absolute atomic E-state index is 12.6. The van der Waals surface area contributed by atoms with Gasteiger partial charge >= 0.3 is 7.60 Å². The molecular formula is C16H31O4P. The van der Waals surface area contributed by atoms with Crippen LogP contribution in [-0.2, 0) is 13.6 Å². The smallest absolute Gasteiger partial charge is 0.327 e. The molecule has 21 heavy (non-hydrogen) atoms. The SMILES string of the molecule is CCC1CC(C)CC1O[P@@](C)(=O)OCC1CC(C)CC1O. The lowest BCUT2D eigenvalue weighted by atomic mass is 10.0. The van der Waals surface area contributed by atoms with Crippen molar-refractivity contribution in [3.63, 3.8) is 0 Å². The van der Waals surface area contributed by atoms with Crippen LogP contribution in [0, 0.1) is 23.7 Å². The molecular weight excluding hydrogens is 287 g/mol. The Bertz CT molecular complexity index is 386. The molecule has 7 atom stereocenters. The summed E-state index contributed by atoms with van der Waals surface area (Å²) in [6.07, 6.45) is 4.69. The van der Waals surface area contributed by atoms with Crippen molar-refractivity contribution in [2.75, 3.05) is 13.3 Å². The van der Waals surface area contributed by atoms with E-state index in [1.54, 1.807) is 6.66 Å². The van der Waals surface area contributed by atoms with E-state index >= 15 is 0 Å². The molecule has 4 nitrogen and oxygen atoms in total. The summed E-state index contributed by atoms with van der Waals surface area (Å²) in [7, 11) is -3.03. The Balaban J connectivity index is 1.83. The van der Waals surface area contributed by atoms with E-state index in [0.717, 1.165) is 32.1 Å². The van der Waals surface area contributed by atoms with Gasteiger partial charge in [-0.3, -0.25) is 4.57 Å². The molecule has 1 N–H and O–H groups in total. The summed E-state index contributed by atoms with van der Waals surface area (Å²) >= 11 is 0. The Morgan fingerprint density at radius 3 is 2.29 bits per heavy atom. The van der Waals surface area contributed by atoms with Crippen molar-refractivity contribution >= 4 is 7.60 Å². The lowest BCUT2D eigenvalue weighted by Crippen LogP contribution is -2.20. The van der Waals surface area contributed by atoms with Crippen molar-refractivity contribution in [1.82, 2.24) is 0 Å². The third kappa shape index (κ3) is 4.79. The highest BCUT2D eigenvalue weighted by atomic mass is 31.2. The van der Waals surface area contributed by atoms with E-state index < -0.39 is 7.60 Å². The lowest BCUT2D eigenvalue weighted by molar-refractivity contribution is 0.0754. The zero-order chi connectivity index (χ0) is 15.6. The standard InChI is InChI=1S/C16H31O4P/c1-5-13-6-12(3)9-16(13)20-21(4,18)19-10-14-7-11(2)8-15(14)17/h11-17H,5-10H2,1-4H3/t11?,12?,13?,14?,15?,16?,21-/m0/s1. The molecule has 2 aliphatic carbocycles. The second-order valence-corrected chi connectivity index (χ2v) is 9.37. The average Bonchev–Trinajstić information content (AvgIpc) is 2.88. The van der Waals surface area contributed by atoms with Gasteiger partial charge in [-0.1, -0.05) is 27.2 Å². The van der Waals surface area contributed by atoms with Gasteiger partial charge in [-0.05, 0) is 43.4 Å². The second kappa shape index (κ2) is 7.12. The highest BCUT2D eigenvalue weighted by Gasteiger charge is 2.37. The molecule has 0 heterocycles. The molecule has 0 amide bonds. The molecule has 0 aliphatic heterocycles. The van der Waals surface area contributed by atoms with E-state index in [-0.39, 0.29) is 18.1 Å². The molecule has 0 radical (unpaired) electrons. The van der Waals surface area contributed by atoms with Gasteiger partial charge in [-0.25, -0.2) is 0 Å². The third-order valence-corrected chi connectivity index (χ3v) is 6.40. The number of hydrogen-bond acceptors (Lipinski definition) is 4. The minimum Gasteiger partial charge on any atom is -0.393 e. The highest BCUT2D eigenvalue weighted by molar-refractivity contribution is 7.53. The van der Waals surface area contributed by atoms with Crippen LogP contribution in [0.15, 0.2) is 0 Å². The van der Waals surface area contributed by atoms with Crippen LogP contribution in [0.5, 0.6) is 0 Å². The predicted octanol–water partition coefficient (Wildman–Crippen LogP) is 4.07. The maximum atomic E-state index is 12.6. The minimum atomic E-state index is -3.03. The fourth-order valence-corrected chi connectivity index (χ4v) is 5.25. The molecule has 0 aromatic carbocycles. The van der Waals surface area contributed by atoms with Crippen molar-refractivity contribution in [2.45, 2.75) is 65.1 Å². The summed E-state index contributed by atoms with van der Waals surface area (Å²) in [6, 6.07) is 0. The van der Waals surface area contributed by atoms with Gasteiger partial charge in [-0.2, -0.15) is 0 Å². The van der Waals surface area contributed by atoms with Crippen molar-refractivity contribution in [3.8, 4) is 0 Å². The van der Waals surface area contributed by atoms with Crippen molar-refractivity contribution in [1.29, 1.82) is 0 Å². The molecule has 2 aliphatic rings. The monoisotopic (exact) mass is 318 g/mol. The van der Waals surface area contributed by atoms with Gasteiger partial charge in [0.2, 0.25) is 0 Å². The average molecular weight is 318 g/mol. The maximum Gasteiger partial charge on any atom is 0.327 e. The first-order valence-corrected chi connectivity index (χ1v) is 10.4. The Kier molecular flexibility index (Phi) is 5.92. The van der Waals surface area contributed by atoms with E-state index in [1.807, 2.05) is 0 Å². The first-order valence-electron chi connectivity index (χ1n) is 8.39. The predicted molar refractivity (Wildman–Crippen MR) is 84.4 cm³/mol. The van der Waals surface area contributed by atoms with E-state index in [4.69, 9.17) is 9.05 Å². The van der Waals surface area contributed by atoms with Gasteiger partial charge in [0.05, 0.1) is 18.8 Å². The number of hydrogen-bond donors (Lipinski definition) is 1. The summed E-state index contributed by atoms with van der Waals surface area (Å²) in [4.78, 5) is 0. The van der Waals surface area contributed by atoms with Gasteiger partial charge in [0.1, 0.15) is 0 Å². The third-order valence-electron chi connectivity index (χ3n) is 5.13. The Labute approximate surface area is 129 Å². The van der Waals surface area contributed by atoms with Crippen LogP contribution in [0.4, 0.5) is 0 Å². The molecule has 2 rings (SSSR count). The normalized spacial score (nSPS) is 43.1. The fourth-order valence-electron chi connectivity index (χ4n) is 3.97. The Morgan fingerprint density at radius 1 is 1.10 bits per heavy atom. The van der Waals surface area contributed by atoms with E-state index in [9.17, 15) is 9.67 Å². The molecule has 0 spiro atoms. The van der Waals surface area contributed by atoms with E-state index in [0.29, 0.717) is 24.4 Å². The molecule has 5 heteroatoms. The summed E-state index contributed by atoms with van der Waals surface area (Å²) in [5, 5.41) is 9.94. The van der Waals surface area contributed by atoms with Crippen molar-refractivity contribution < 1.29 is 18.7 Å². The van der Waals surface area contributed by atoms with Crippen LogP contribution in [0.2, 0.25) is 0 Å². The molecule has 2 fully saturated rings. The number of aliphatic hydroxyl groups excluding tert-OH is 1. The first kappa shape index (κ1) is 17.5. The van der Waals surface area contributed by atoms with Gasteiger partial charge in [0, 0.05) is 12.6 Å². The second-order valence-electron chi connectivity index (χ2n) is 7.36. The van der Waals surface area contributed by atoms with E-state index in [2.05, 4.69) is 20.8 Å². The van der Waals surface area contributed by atoms with Crippen LogP contribution in [-0.4, -0.2) is 30.6 Å². The van der Waals surface area contributed by atoms with E-state index in [1.165, 1.54) is 0 Å². The highest BCUT2D eigenvalue weighted by Crippen LogP contribution is 2.51. The Hall–Kier alpha value is 0.110. The molecule has 124 valence electrons. The molecule has 2 saturated carbocycles. The van der Waals surface area contributed by atoms with Crippen molar-refractivity contribution in [3.05, 3.63) is 0 Å². The van der Waals surface area contributed by atoms with Crippen LogP contribution < -0.4 is 0 Å². The van der Waals surface area contributed by atoms with Crippen LogP contribution >= 0.6 is 7.60 Å². The zero-order valence-corrected chi connectivity index (χ0v) is 14.7. The summed E-state index contributed by atoms with van der Waals surface area (Å²) in [6.45, 7) is 8.45. The largest absolute Gasteiger partial charge is 0.393 e. The quantitative estimate of drug-likeness (QED) is 0.750. The minimum absolute atomic E-state index is 0.0632. The molecule has 6 unspecified atom stereocenters. The molecule has 0 aromatic heterocycles. The van der Waals surface area contributed by atoms with Gasteiger partial charge in [0.25, 0.3) is 0 Å². The van der Waals surface area contributed by atoms with Gasteiger partial charge in [-0.15, -0.1) is 0 Å². The first-order chi connectivity index (χ1) is 9.80. The Morgan fingerprint density at radius 2 is 1.71 bits per heavy atom. The van der Waals surface area contributed by atoms with Crippen LogP contribution in [0.3, 0.4) is 0 Å². The molecule has 0 saturated heterocycles. The van der Waals surface area contributed by atoms with Crippen LogP contribution in [0.25, 0.3) is 0 Å². The molecule has 0 aromatic rings. The fraction of sp³-hybridized carbons (Fsp3) is 1.00. The summed E-state index contributed by atoms with van der Waals surface area (Å²) < 4.78 is 24.0. The van der Waals surface area contributed by atoms with Crippen LogP contribution in [0.1, 0.15) is 52.9 Å². The lowest BCUT2D eigenvalue weighted by Gasteiger charge is -2.24. The van der Waals surface area contributed by atoms with Gasteiger partial charge < -0.3 is 14.2 Å². The number of rotatable bonds is 6.